The second-order valence-electron chi connectivity index (χ2n) is 6.45. The van der Waals surface area contributed by atoms with Crippen LogP contribution in [0.4, 0.5) is 5.82 Å². The average Bonchev–Trinajstić information content (AvgIpc) is 3.25. The summed E-state index contributed by atoms with van der Waals surface area (Å²) in [7, 11) is 1.62. The number of nitrogens with zero attached hydrogens (tertiary/aromatic N) is 3. The molecule has 0 aliphatic carbocycles. The summed E-state index contributed by atoms with van der Waals surface area (Å²) in [6.07, 6.45) is 2.94. The third kappa shape index (κ3) is 4.86. The van der Waals surface area contributed by atoms with Gasteiger partial charge >= 0.3 is 0 Å². The monoisotopic (exact) mass is 382 g/mol. The molecule has 148 valence electrons. The zero-order chi connectivity index (χ0) is 19.8. The minimum atomic E-state index is 0.00257. The van der Waals surface area contributed by atoms with E-state index in [1.807, 2.05) is 36.4 Å². The molecule has 1 N–H and O–H groups in total. The van der Waals surface area contributed by atoms with Crippen molar-refractivity contribution in [3.63, 3.8) is 0 Å². The van der Waals surface area contributed by atoms with Crippen LogP contribution in [0.1, 0.15) is 19.8 Å². The van der Waals surface area contributed by atoms with Gasteiger partial charge in [0.1, 0.15) is 5.82 Å². The lowest BCUT2D eigenvalue weighted by Gasteiger charge is -2.24. The maximum Gasteiger partial charge on any atom is 0.221 e. The second-order valence-corrected chi connectivity index (χ2v) is 6.45. The number of para-hydroxylation sites is 1. The molecule has 2 aromatic heterocycles. The molecule has 1 amide bonds. The van der Waals surface area contributed by atoms with E-state index in [9.17, 15) is 4.79 Å². The molecule has 28 heavy (non-hydrogen) atoms. The molecule has 0 aliphatic heterocycles. The number of nitrogens with one attached hydrogen (secondary N) is 1. The first-order valence-corrected chi connectivity index (χ1v) is 9.54. The molecule has 0 fully saturated rings. The number of methoxy groups -OCH3 is 1. The van der Waals surface area contributed by atoms with Gasteiger partial charge in [-0.15, -0.1) is 0 Å². The van der Waals surface area contributed by atoms with E-state index < -0.39 is 0 Å². The van der Waals surface area contributed by atoms with Gasteiger partial charge in [0.15, 0.2) is 11.6 Å². The van der Waals surface area contributed by atoms with Crippen LogP contribution in [0.3, 0.4) is 0 Å². The van der Waals surface area contributed by atoms with Crippen molar-refractivity contribution in [3.8, 4) is 11.6 Å². The number of amides is 1. The van der Waals surface area contributed by atoms with Gasteiger partial charge in [-0.3, -0.25) is 4.79 Å². The van der Waals surface area contributed by atoms with Crippen LogP contribution in [-0.2, 0) is 9.53 Å². The number of aromatic nitrogens is 2. The molecule has 7 nitrogen and oxygen atoms in total. The van der Waals surface area contributed by atoms with Crippen molar-refractivity contribution in [1.29, 1.82) is 0 Å². The van der Waals surface area contributed by atoms with Crippen LogP contribution in [0.2, 0.25) is 0 Å². The van der Waals surface area contributed by atoms with E-state index in [1.165, 1.54) is 0 Å². The third-order valence-corrected chi connectivity index (χ3v) is 4.35. The molecule has 0 saturated carbocycles. The highest BCUT2D eigenvalue weighted by molar-refractivity contribution is 5.91. The summed E-state index contributed by atoms with van der Waals surface area (Å²) in [5.41, 5.74) is 0.851. The molecule has 0 unspecified atom stereocenters. The average molecular weight is 382 g/mol. The van der Waals surface area contributed by atoms with E-state index in [4.69, 9.17) is 14.1 Å². The summed E-state index contributed by atoms with van der Waals surface area (Å²) in [6.45, 7) is 4.51. The van der Waals surface area contributed by atoms with Crippen molar-refractivity contribution < 1.29 is 13.9 Å². The van der Waals surface area contributed by atoms with Gasteiger partial charge in [0.2, 0.25) is 5.91 Å². The normalized spacial score (nSPS) is 10.9. The van der Waals surface area contributed by atoms with Gasteiger partial charge in [0.05, 0.1) is 18.4 Å². The fourth-order valence-corrected chi connectivity index (χ4v) is 3.03. The van der Waals surface area contributed by atoms with Gasteiger partial charge in [0.25, 0.3) is 0 Å². The fraction of sp³-hybridized carbons (Fsp3) is 0.381. The summed E-state index contributed by atoms with van der Waals surface area (Å²) < 4.78 is 10.5. The molecule has 0 saturated heterocycles. The molecule has 7 heteroatoms. The van der Waals surface area contributed by atoms with Gasteiger partial charge in [-0.1, -0.05) is 19.1 Å². The van der Waals surface area contributed by atoms with Gasteiger partial charge in [-0.2, -0.15) is 0 Å². The molecule has 1 aromatic carbocycles. The Balaban J connectivity index is 1.87. The van der Waals surface area contributed by atoms with Gasteiger partial charge in [-0.05, 0) is 30.7 Å². The molecule has 0 atom stereocenters. The van der Waals surface area contributed by atoms with Crippen LogP contribution in [0.5, 0.6) is 0 Å². The number of ether oxygens (including phenoxy) is 1. The topological polar surface area (TPSA) is 80.5 Å². The van der Waals surface area contributed by atoms with Crippen molar-refractivity contribution in [2.75, 3.05) is 38.3 Å². The summed E-state index contributed by atoms with van der Waals surface area (Å²) in [6, 6.07) is 11.6. The smallest absolute Gasteiger partial charge is 0.221 e. The number of anilines is 1. The van der Waals surface area contributed by atoms with Crippen LogP contribution in [0.15, 0.2) is 47.1 Å². The SMILES string of the molecule is CCCN(CCC(=O)NCCOC)c1nc(-c2ccco2)nc2ccccc12. The Morgan fingerprint density at radius 2 is 2.04 bits per heavy atom. The number of hydrogen-bond acceptors (Lipinski definition) is 6. The number of rotatable bonds is 10. The van der Waals surface area contributed by atoms with Crippen molar-refractivity contribution >= 4 is 22.6 Å². The predicted octanol–water partition coefficient (Wildman–Crippen LogP) is 3.26. The van der Waals surface area contributed by atoms with Gasteiger partial charge in [0, 0.05) is 38.6 Å². The Labute approximate surface area is 164 Å². The van der Waals surface area contributed by atoms with Crippen LogP contribution in [0.25, 0.3) is 22.5 Å². The van der Waals surface area contributed by atoms with Crippen LogP contribution < -0.4 is 10.2 Å². The number of furan rings is 1. The Morgan fingerprint density at radius 1 is 1.18 bits per heavy atom. The molecule has 3 rings (SSSR count). The molecule has 0 bridgehead atoms. The van der Waals surface area contributed by atoms with Crippen LogP contribution in [-0.4, -0.2) is 49.2 Å². The lowest BCUT2D eigenvalue weighted by atomic mass is 10.2. The minimum Gasteiger partial charge on any atom is -0.461 e. The van der Waals surface area contributed by atoms with E-state index in [0.29, 0.717) is 37.7 Å². The van der Waals surface area contributed by atoms with E-state index in [0.717, 1.165) is 29.7 Å². The molecule has 0 aliphatic rings. The van der Waals surface area contributed by atoms with Crippen LogP contribution >= 0.6 is 0 Å². The highest BCUT2D eigenvalue weighted by Gasteiger charge is 2.17. The highest BCUT2D eigenvalue weighted by atomic mass is 16.5. The molecule has 0 radical (unpaired) electrons. The first-order valence-electron chi connectivity index (χ1n) is 9.54. The van der Waals surface area contributed by atoms with Gasteiger partial charge in [-0.25, -0.2) is 9.97 Å². The Morgan fingerprint density at radius 3 is 2.79 bits per heavy atom. The second kappa shape index (κ2) is 9.85. The first kappa shape index (κ1) is 19.8. The number of benzene rings is 1. The lowest BCUT2D eigenvalue weighted by Crippen LogP contribution is -2.33. The highest BCUT2D eigenvalue weighted by Crippen LogP contribution is 2.28. The third-order valence-electron chi connectivity index (χ3n) is 4.35. The number of carbonyl (C=O) groups is 1. The quantitative estimate of drug-likeness (QED) is 0.542. The van der Waals surface area contributed by atoms with E-state index >= 15 is 0 Å². The lowest BCUT2D eigenvalue weighted by molar-refractivity contribution is -0.121. The predicted molar refractivity (Wildman–Crippen MR) is 109 cm³/mol. The van der Waals surface area contributed by atoms with Crippen molar-refractivity contribution in [2.24, 2.45) is 0 Å². The largest absolute Gasteiger partial charge is 0.461 e. The molecular formula is C21H26N4O3. The molecular weight excluding hydrogens is 356 g/mol. The zero-order valence-electron chi connectivity index (χ0n) is 16.4. The minimum absolute atomic E-state index is 0.00257. The Hall–Kier alpha value is -2.93. The maximum absolute atomic E-state index is 12.1. The standard InChI is InChI=1S/C21H26N4O3/c1-3-12-25(13-10-19(26)22-11-15-27-2)21-16-7-4-5-8-17(16)23-20(24-21)18-9-6-14-28-18/h4-9,14H,3,10-13,15H2,1-2H3,(H,22,26). The summed E-state index contributed by atoms with van der Waals surface area (Å²) in [5.74, 6) is 2.00. The van der Waals surface area contributed by atoms with E-state index in [-0.39, 0.29) is 5.91 Å². The zero-order valence-corrected chi connectivity index (χ0v) is 16.4. The number of hydrogen-bond donors (Lipinski definition) is 1. The Kier molecular flexibility index (Phi) is 6.97. The molecule has 2 heterocycles. The Bertz CT molecular complexity index is 896. The summed E-state index contributed by atoms with van der Waals surface area (Å²) >= 11 is 0. The number of carbonyl (C=O) groups excluding carboxylic acids is 1. The number of fused-ring (bicyclic) bond motifs is 1. The van der Waals surface area contributed by atoms with Gasteiger partial charge < -0.3 is 19.4 Å². The molecule has 0 spiro atoms. The van der Waals surface area contributed by atoms with Crippen molar-refractivity contribution in [3.05, 3.63) is 42.7 Å². The van der Waals surface area contributed by atoms with Crippen molar-refractivity contribution in [1.82, 2.24) is 15.3 Å². The van der Waals surface area contributed by atoms with Crippen LogP contribution in [0, 0.1) is 0 Å². The van der Waals surface area contributed by atoms with E-state index in [1.54, 1.807) is 13.4 Å². The maximum atomic E-state index is 12.1. The fourth-order valence-electron chi connectivity index (χ4n) is 3.03. The molecule has 3 aromatic rings. The summed E-state index contributed by atoms with van der Waals surface area (Å²) in [5, 5.41) is 3.83. The summed E-state index contributed by atoms with van der Waals surface area (Å²) in [4.78, 5) is 23.7. The van der Waals surface area contributed by atoms with E-state index in [2.05, 4.69) is 22.1 Å². The first-order chi connectivity index (χ1) is 13.7. The van der Waals surface area contributed by atoms with Crippen molar-refractivity contribution in [2.45, 2.75) is 19.8 Å².